The minimum atomic E-state index is -4.06. The summed E-state index contributed by atoms with van der Waals surface area (Å²) in [5.74, 6) is -2.16. The second-order valence-corrected chi connectivity index (χ2v) is 9.86. The maximum Gasteiger partial charge on any atom is 0.248 e. The number of rotatable bonds is 6. The number of amides is 1. The second kappa shape index (κ2) is 9.86. The lowest BCUT2D eigenvalue weighted by Gasteiger charge is -2.31. The molecule has 178 valence electrons. The van der Waals surface area contributed by atoms with Crippen molar-refractivity contribution in [2.45, 2.75) is 24.7 Å². The number of hydrogen-bond donors (Lipinski definition) is 1. The third-order valence-corrected chi connectivity index (χ3v) is 7.66. The van der Waals surface area contributed by atoms with E-state index in [1.165, 1.54) is 47.6 Å². The first-order valence-electron chi connectivity index (χ1n) is 10.7. The highest BCUT2D eigenvalue weighted by atomic mass is 32.2. The van der Waals surface area contributed by atoms with Gasteiger partial charge in [0.1, 0.15) is 17.3 Å². The molecule has 7 nitrogen and oxygen atoms in total. The van der Waals surface area contributed by atoms with Crippen LogP contribution in [0.15, 0.2) is 57.9 Å². The van der Waals surface area contributed by atoms with Gasteiger partial charge >= 0.3 is 0 Å². The first-order chi connectivity index (χ1) is 16.3. The number of anilines is 1. The summed E-state index contributed by atoms with van der Waals surface area (Å²) in [4.78, 5) is 12.6. The average molecular weight is 488 g/mol. The Labute approximate surface area is 196 Å². The third kappa shape index (κ3) is 4.92. The molecule has 1 atom stereocenters. The molecule has 4 rings (SSSR count). The van der Waals surface area contributed by atoms with Crippen LogP contribution in [0.2, 0.25) is 0 Å². The summed E-state index contributed by atoms with van der Waals surface area (Å²) in [7, 11) is -4.06. The zero-order valence-electron chi connectivity index (χ0n) is 18.4. The molecule has 1 fully saturated rings. The molecule has 1 amide bonds. The predicted octanol–water partition coefficient (Wildman–Crippen LogP) is 4.47. The van der Waals surface area contributed by atoms with Gasteiger partial charge in [-0.05, 0) is 50.1 Å². The second-order valence-electron chi connectivity index (χ2n) is 7.99. The van der Waals surface area contributed by atoms with E-state index in [-0.39, 0.29) is 40.7 Å². The molecule has 1 N–H and O–H groups in total. The molecule has 34 heavy (non-hydrogen) atoms. The van der Waals surface area contributed by atoms with Crippen LogP contribution in [-0.4, -0.2) is 36.9 Å². The van der Waals surface area contributed by atoms with Gasteiger partial charge < -0.3 is 9.84 Å². The van der Waals surface area contributed by atoms with Crippen molar-refractivity contribution in [3.8, 4) is 0 Å². The summed E-state index contributed by atoms with van der Waals surface area (Å²) in [6, 6.07) is 11.8. The number of nitrogens with zero attached hydrogens (tertiary/aromatic N) is 2. The topological polar surface area (TPSA) is 92.5 Å². The molecule has 0 bridgehead atoms. The van der Waals surface area contributed by atoms with Gasteiger partial charge in [-0.3, -0.25) is 4.79 Å². The number of hydrogen-bond acceptors (Lipinski definition) is 5. The van der Waals surface area contributed by atoms with Crippen LogP contribution in [0, 0.1) is 24.5 Å². The van der Waals surface area contributed by atoms with Crippen LogP contribution in [0.1, 0.15) is 29.9 Å². The van der Waals surface area contributed by atoms with Crippen LogP contribution in [0.5, 0.6) is 0 Å². The van der Waals surface area contributed by atoms with Crippen LogP contribution in [0.4, 0.5) is 14.5 Å². The number of nitrogens with one attached hydrogen (secondary N) is 1. The van der Waals surface area contributed by atoms with Crippen molar-refractivity contribution in [3.05, 3.63) is 77.2 Å². The van der Waals surface area contributed by atoms with Crippen LogP contribution in [-0.2, 0) is 14.8 Å². The van der Waals surface area contributed by atoms with Gasteiger partial charge in [-0.15, -0.1) is 0 Å². The molecule has 1 saturated heterocycles. The van der Waals surface area contributed by atoms with E-state index in [4.69, 9.17) is 4.52 Å². The number of benzene rings is 2. The number of aromatic nitrogens is 1. The fourth-order valence-electron chi connectivity index (χ4n) is 3.88. The number of sulfonamides is 1. The quantitative estimate of drug-likeness (QED) is 0.554. The van der Waals surface area contributed by atoms with Gasteiger partial charge in [0.2, 0.25) is 15.9 Å². The van der Waals surface area contributed by atoms with E-state index in [1.54, 1.807) is 24.3 Å². The minimum absolute atomic E-state index is 0.0290. The van der Waals surface area contributed by atoms with E-state index < -0.39 is 33.5 Å². The Balaban J connectivity index is 1.55. The molecule has 0 radical (unpaired) electrons. The van der Waals surface area contributed by atoms with Crippen molar-refractivity contribution in [1.82, 2.24) is 9.46 Å². The van der Waals surface area contributed by atoms with Crippen molar-refractivity contribution in [3.63, 3.8) is 0 Å². The Morgan fingerprint density at radius 1 is 1.12 bits per heavy atom. The largest absolute Gasteiger partial charge is 0.355 e. The molecular weight excluding hydrogens is 464 g/mol. The Morgan fingerprint density at radius 3 is 2.56 bits per heavy atom. The van der Waals surface area contributed by atoms with E-state index in [0.29, 0.717) is 12.8 Å². The SMILES string of the molecule is Cc1noc(/C=C/c2ccccc2F)c1S(=O)(=O)N1CCC[C@H](C(=O)Nc2ccccc2F)C1. The Bertz CT molecular complexity index is 1340. The summed E-state index contributed by atoms with van der Waals surface area (Å²) in [5.41, 5.74) is 0.469. The number of halogens is 2. The van der Waals surface area contributed by atoms with Gasteiger partial charge in [0.25, 0.3) is 0 Å². The molecule has 1 aromatic heterocycles. The molecule has 1 aliphatic heterocycles. The van der Waals surface area contributed by atoms with Crippen LogP contribution in [0.25, 0.3) is 12.2 Å². The highest BCUT2D eigenvalue weighted by Gasteiger charge is 2.37. The number of carbonyl (C=O) groups is 1. The van der Waals surface area contributed by atoms with Gasteiger partial charge in [0.15, 0.2) is 10.7 Å². The summed E-state index contributed by atoms with van der Waals surface area (Å²) >= 11 is 0. The van der Waals surface area contributed by atoms with Gasteiger partial charge in [0.05, 0.1) is 11.6 Å². The monoisotopic (exact) mass is 487 g/mol. The highest BCUT2D eigenvalue weighted by molar-refractivity contribution is 7.89. The molecular formula is C24H23F2N3O4S. The molecule has 0 saturated carbocycles. The molecule has 0 aliphatic carbocycles. The summed E-state index contributed by atoms with van der Waals surface area (Å²) < 4.78 is 61.2. The molecule has 1 aliphatic rings. The lowest BCUT2D eigenvalue weighted by molar-refractivity contribution is -0.120. The van der Waals surface area contributed by atoms with Crippen molar-refractivity contribution in [1.29, 1.82) is 0 Å². The first-order valence-corrected chi connectivity index (χ1v) is 12.2. The van der Waals surface area contributed by atoms with Crippen molar-refractivity contribution >= 4 is 33.8 Å². The van der Waals surface area contributed by atoms with Crippen LogP contribution in [0.3, 0.4) is 0 Å². The molecule has 0 spiro atoms. The van der Waals surface area contributed by atoms with Crippen molar-refractivity contribution in [2.75, 3.05) is 18.4 Å². The summed E-state index contributed by atoms with van der Waals surface area (Å²) in [6.07, 6.45) is 3.70. The summed E-state index contributed by atoms with van der Waals surface area (Å²) in [6.45, 7) is 1.65. The third-order valence-electron chi connectivity index (χ3n) is 5.64. The molecule has 2 aromatic carbocycles. The van der Waals surface area contributed by atoms with E-state index in [1.807, 2.05) is 0 Å². The fraction of sp³-hybridized carbons (Fsp3) is 0.250. The van der Waals surface area contributed by atoms with Crippen molar-refractivity contribution in [2.24, 2.45) is 5.92 Å². The van der Waals surface area contributed by atoms with E-state index >= 15 is 0 Å². The van der Waals surface area contributed by atoms with E-state index in [9.17, 15) is 22.0 Å². The molecule has 0 unspecified atom stereocenters. The lowest BCUT2D eigenvalue weighted by atomic mass is 9.98. The zero-order valence-corrected chi connectivity index (χ0v) is 19.2. The summed E-state index contributed by atoms with van der Waals surface area (Å²) in [5, 5.41) is 6.33. The van der Waals surface area contributed by atoms with E-state index in [2.05, 4.69) is 10.5 Å². The molecule has 3 aromatic rings. The maximum absolute atomic E-state index is 13.9. The number of piperidine rings is 1. The van der Waals surface area contributed by atoms with Gasteiger partial charge in [-0.2, -0.15) is 4.31 Å². The number of para-hydroxylation sites is 1. The number of carbonyl (C=O) groups excluding carboxylic acids is 1. The molecule has 2 heterocycles. The van der Waals surface area contributed by atoms with Crippen LogP contribution >= 0.6 is 0 Å². The first kappa shape index (κ1) is 23.8. The van der Waals surface area contributed by atoms with Gasteiger partial charge in [0, 0.05) is 18.7 Å². The smallest absolute Gasteiger partial charge is 0.248 e. The van der Waals surface area contributed by atoms with E-state index in [0.717, 1.165) is 0 Å². The van der Waals surface area contributed by atoms with Gasteiger partial charge in [-0.1, -0.05) is 35.5 Å². The predicted molar refractivity (Wildman–Crippen MR) is 123 cm³/mol. The van der Waals surface area contributed by atoms with Gasteiger partial charge in [-0.25, -0.2) is 17.2 Å². The fourth-order valence-corrected chi connectivity index (χ4v) is 5.65. The Morgan fingerprint density at radius 2 is 1.82 bits per heavy atom. The highest BCUT2D eigenvalue weighted by Crippen LogP contribution is 2.30. The molecule has 10 heteroatoms. The average Bonchev–Trinajstić information content (AvgIpc) is 3.21. The Kier molecular flexibility index (Phi) is 6.90. The minimum Gasteiger partial charge on any atom is -0.355 e. The normalized spacial score (nSPS) is 17.2. The zero-order chi connectivity index (χ0) is 24.3. The van der Waals surface area contributed by atoms with Crippen molar-refractivity contribution < 1.29 is 26.5 Å². The maximum atomic E-state index is 13.9. The number of aryl methyl sites for hydroxylation is 1. The Hall–Kier alpha value is -3.37. The standard InChI is InChI=1S/C24H23F2N3O4S/c1-16-23(22(33-28-16)13-12-17-7-2-3-9-19(17)25)34(31,32)29-14-6-8-18(15-29)24(30)27-21-11-5-4-10-20(21)26/h2-5,7,9-13,18H,6,8,14-15H2,1H3,(H,27,30)/b13-12+/t18-/m0/s1. The van der Waals surface area contributed by atoms with Crippen LogP contribution < -0.4 is 5.32 Å². The lowest BCUT2D eigenvalue weighted by Crippen LogP contribution is -2.44.